The molecule has 0 amide bonds. The molecule has 0 bridgehead atoms. The highest BCUT2D eigenvalue weighted by atomic mass is 32.2. The maximum atomic E-state index is 12.9. The molecule has 4 rings (SSSR count). The van der Waals surface area contributed by atoms with Gasteiger partial charge in [0.25, 0.3) is 0 Å². The van der Waals surface area contributed by atoms with E-state index in [0.29, 0.717) is 24.4 Å². The number of hydrogen-bond donors (Lipinski definition) is 1. The van der Waals surface area contributed by atoms with Crippen molar-refractivity contribution in [1.29, 1.82) is 0 Å². The van der Waals surface area contributed by atoms with Gasteiger partial charge in [-0.3, -0.25) is 4.90 Å². The highest BCUT2D eigenvalue weighted by Gasteiger charge is 2.22. The largest absolute Gasteiger partial charge is 0.497 e. The molecule has 1 aliphatic heterocycles. The summed E-state index contributed by atoms with van der Waals surface area (Å²) in [4.78, 5) is 9.68. The molecule has 0 unspecified atom stereocenters. The average molecular weight is 516 g/mol. The number of methoxy groups -OCH3 is 1. The van der Waals surface area contributed by atoms with E-state index in [9.17, 15) is 8.42 Å². The Morgan fingerprint density at radius 1 is 1.06 bits per heavy atom. The van der Waals surface area contributed by atoms with Gasteiger partial charge in [0.15, 0.2) is 0 Å². The molecule has 0 radical (unpaired) electrons. The van der Waals surface area contributed by atoms with Crippen LogP contribution in [-0.2, 0) is 16.4 Å². The second kappa shape index (κ2) is 11.0. The van der Waals surface area contributed by atoms with Crippen LogP contribution >= 0.6 is 11.5 Å². The van der Waals surface area contributed by atoms with Gasteiger partial charge in [0, 0.05) is 57.2 Å². The number of hydrogen-bond acceptors (Lipinski definition) is 8. The van der Waals surface area contributed by atoms with E-state index >= 15 is 0 Å². The molecular weight excluding hydrogens is 482 g/mol. The molecule has 10 heteroatoms. The number of aryl methyl sites for hydroxylation is 3. The molecule has 35 heavy (non-hydrogen) atoms. The van der Waals surface area contributed by atoms with E-state index in [1.54, 1.807) is 7.11 Å². The van der Waals surface area contributed by atoms with Crippen LogP contribution in [0.1, 0.15) is 28.1 Å². The summed E-state index contributed by atoms with van der Waals surface area (Å²) in [5.74, 6) is 1.65. The molecule has 0 spiro atoms. The molecule has 188 valence electrons. The monoisotopic (exact) mass is 515 g/mol. The molecular formula is C25H33N5O3S2. The van der Waals surface area contributed by atoms with Gasteiger partial charge in [-0.05, 0) is 49.6 Å². The molecule has 3 aromatic rings. The second-order valence-corrected chi connectivity index (χ2v) is 11.4. The summed E-state index contributed by atoms with van der Waals surface area (Å²) >= 11 is 1.43. The zero-order valence-corrected chi connectivity index (χ0v) is 22.4. The van der Waals surface area contributed by atoms with Crippen LogP contribution in [0.5, 0.6) is 5.75 Å². The van der Waals surface area contributed by atoms with E-state index in [-0.39, 0.29) is 0 Å². The lowest BCUT2D eigenvalue weighted by Crippen LogP contribution is -2.48. The van der Waals surface area contributed by atoms with Crippen molar-refractivity contribution in [3.63, 3.8) is 0 Å². The van der Waals surface area contributed by atoms with E-state index in [1.165, 1.54) is 11.5 Å². The van der Waals surface area contributed by atoms with Crippen LogP contribution in [0.4, 0.5) is 5.13 Å². The molecule has 1 N–H and O–H groups in total. The fourth-order valence-electron chi connectivity index (χ4n) is 4.57. The molecule has 8 nitrogen and oxygen atoms in total. The van der Waals surface area contributed by atoms with E-state index in [4.69, 9.17) is 9.72 Å². The molecule has 0 aliphatic carbocycles. The third-order valence-electron chi connectivity index (χ3n) is 6.19. The van der Waals surface area contributed by atoms with Crippen molar-refractivity contribution in [2.75, 3.05) is 51.3 Å². The number of sulfonamides is 1. The average Bonchev–Trinajstić information content (AvgIpc) is 3.27. The fraction of sp³-hybridized carbons (Fsp3) is 0.440. The van der Waals surface area contributed by atoms with Crippen molar-refractivity contribution in [3.05, 3.63) is 64.5 Å². The Kier molecular flexibility index (Phi) is 8.05. The molecule has 0 atom stereocenters. The van der Waals surface area contributed by atoms with Crippen LogP contribution in [0, 0.1) is 20.8 Å². The van der Waals surface area contributed by atoms with Crippen molar-refractivity contribution in [1.82, 2.24) is 19.0 Å². The van der Waals surface area contributed by atoms with Crippen LogP contribution in [0.2, 0.25) is 0 Å². The minimum absolute atomic E-state index is 0.387. The summed E-state index contributed by atoms with van der Waals surface area (Å²) in [6, 6.07) is 11.8. The fourth-order valence-corrected chi connectivity index (χ4v) is 6.78. The number of aromatic nitrogens is 2. The predicted molar refractivity (Wildman–Crippen MR) is 140 cm³/mol. The maximum Gasteiger partial charge on any atom is 0.241 e. The van der Waals surface area contributed by atoms with Gasteiger partial charge >= 0.3 is 0 Å². The van der Waals surface area contributed by atoms with Gasteiger partial charge in [-0.25, -0.2) is 18.1 Å². The second-order valence-electron chi connectivity index (χ2n) is 8.98. The summed E-state index contributed by atoms with van der Waals surface area (Å²) in [7, 11) is -1.87. The molecule has 2 heterocycles. The van der Waals surface area contributed by atoms with Gasteiger partial charge in [0.1, 0.15) is 11.6 Å². The Bertz CT molecular complexity index is 1240. The third-order valence-corrected chi connectivity index (χ3v) is 8.77. The lowest BCUT2D eigenvalue weighted by Gasteiger charge is -2.34. The Labute approximate surface area is 212 Å². The molecule has 1 saturated heterocycles. The molecule has 1 aromatic heterocycles. The van der Waals surface area contributed by atoms with Gasteiger partial charge in [-0.15, -0.1) is 0 Å². The third kappa shape index (κ3) is 6.38. The molecule has 2 aromatic carbocycles. The number of anilines is 1. The number of nitrogens with zero attached hydrogens (tertiary/aromatic N) is 4. The van der Waals surface area contributed by atoms with E-state index in [1.807, 2.05) is 51.1 Å². The first-order chi connectivity index (χ1) is 16.7. The van der Waals surface area contributed by atoms with Crippen molar-refractivity contribution >= 4 is 26.7 Å². The first-order valence-electron chi connectivity index (χ1n) is 11.8. The topological polar surface area (TPSA) is 87.7 Å². The molecule has 1 fully saturated rings. The van der Waals surface area contributed by atoms with Crippen LogP contribution in [0.15, 0.2) is 41.3 Å². The lowest BCUT2D eigenvalue weighted by atomic mass is 10.1. The molecule has 0 saturated carbocycles. The van der Waals surface area contributed by atoms with Crippen molar-refractivity contribution in [2.24, 2.45) is 0 Å². The van der Waals surface area contributed by atoms with Crippen molar-refractivity contribution in [3.8, 4) is 5.75 Å². The minimum atomic E-state index is -3.53. The SMILES string of the molecule is COc1cccc(Cc2nsc(N3CCN(CCNS(=O)(=O)c4c(C)cc(C)cc4C)CC3)n2)c1. The van der Waals surface area contributed by atoms with Gasteiger partial charge in [0.2, 0.25) is 15.2 Å². The van der Waals surface area contributed by atoms with E-state index in [2.05, 4.69) is 25.0 Å². The first-order valence-corrected chi connectivity index (χ1v) is 14.0. The van der Waals surface area contributed by atoms with Crippen LogP contribution in [-0.4, -0.2) is 69.1 Å². The number of piperazine rings is 1. The van der Waals surface area contributed by atoms with Crippen LogP contribution < -0.4 is 14.4 Å². The number of ether oxygens (including phenoxy) is 1. The summed E-state index contributed by atoms with van der Waals surface area (Å²) in [6.07, 6.45) is 0.674. The van der Waals surface area contributed by atoms with Crippen LogP contribution in [0.3, 0.4) is 0 Å². The summed E-state index contributed by atoms with van der Waals surface area (Å²) < 4.78 is 38.4. The Balaban J connectivity index is 1.26. The predicted octanol–water partition coefficient (Wildman–Crippen LogP) is 3.16. The van der Waals surface area contributed by atoms with Gasteiger partial charge < -0.3 is 9.64 Å². The summed E-state index contributed by atoms with van der Waals surface area (Å²) in [5, 5.41) is 0.938. The smallest absolute Gasteiger partial charge is 0.241 e. The van der Waals surface area contributed by atoms with Gasteiger partial charge in [0.05, 0.1) is 12.0 Å². The first kappa shape index (κ1) is 25.6. The quantitative estimate of drug-likeness (QED) is 0.468. The highest BCUT2D eigenvalue weighted by molar-refractivity contribution is 7.89. The molecule has 1 aliphatic rings. The Morgan fingerprint density at radius 2 is 1.77 bits per heavy atom. The van der Waals surface area contributed by atoms with Gasteiger partial charge in [-0.2, -0.15) is 4.37 Å². The Morgan fingerprint density at radius 3 is 2.46 bits per heavy atom. The minimum Gasteiger partial charge on any atom is -0.497 e. The number of nitrogens with one attached hydrogen (secondary N) is 1. The number of rotatable bonds is 9. The Hall–Kier alpha value is -2.53. The zero-order chi connectivity index (χ0) is 25.0. The standard InChI is InChI=1S/C25H33N5O3S2/c1-18-14-19(2)24(20(3)15-18)35(31,32)26-8-9-29-10-12-30(13-11-29)25-27-23(28-34-25)17-21-6-5-7-22(16-21)33-4/h5-7,14-16,26H,8-13,17H2,1-4H3. The highest BCUT2D eigenvalue weighted by Crippen LogP contribution is 2.23. The zero-order valence-electron chi connectivity index (χ0n) is 20.7. The summed E-state index contributed by atoms with van der Waals surface area (Å²) in [5.41, 5.74) is 3.76. The number of benzene rings is 2. The van der Waals surface area contributed by atoms with Crippen molar-refractivity contribution in [2.45, 2.75) is 32.1 Å². The van der Waals surface area contributed by atoms with E-state index in [0.717, 1.165) is 65.1 Å². The lowest BCUT2D eigenvalue weighted by molar-refractivity contribution is 0.262. The van der Waals surface area contributed by atoms with E-state index < -0.39 is 10.0 Å². The van der Waals surface area contributed by atoms with Crippen molar-refractivity contribution < 1.29 is 13.2 Å². The maximum absolute atomic E-state index is 12.9. The normalized spacial score (nSPS) is 14.9. The summed E-state index contributed by atoms with van der Waals surface area (Å²) in [6.45, 7) is 10.1. The van der Waals surface area contributed by atoms with Crippen LogP contribution in [0.25, 0.3) is 0 Å². The van der Waals surface area contributed by atoms with Gasteiger partial charge in [-0.1, -0.05) is 29.8 Å².